The SMILES string of the molecule is CSCCCNC(=NCc1nnc(C)n1C)N1CCN(Cc2cccs2)CC1. The van der Waals surface area contributed by atoms with Gasteiger partial charge in [-0.1, -0.05) is 6.07 Å². The van der Waals surface area contributed by atoms with E-state index in [1.165, 1.54) is 4.88 Å². The molecule has 1 N–H and O–H groups in total. The lowest BCUT2D eigenvalue weighted by atomic mass is 10.3. The van der Waals surface area contributed by atoms with Gasteiger partial charge in [-0.2, -0.15) is 11.8 Å². The van der Waals surface area contributed by atoms with Crippen LogP contribution < -0.4 is 5.32 Å². The van der Waals surface area contributed by atoms with Crippen LogP contribution in [0.5, 0.6) is 0 Å². The topological polar surface area (TPSA) is 61.6 Å². The van der Waals surface area contributed by atoms with Crippen molar-refractivity contribution >= 4 is 29.1 Å². The van der Waals surface area contributed by atoms with Gasteiger partial charge < -0.3 is 14.8 Å². The Bertz CT molecular complexity index is 734. The van der Waals surface area contributed by atoms with Gasteiger partial charge in [0.25, 0.3) is 0 Å². The summed E-state index contributed by atoms with van der Waals surface area (Å²) in [5.74, 6) is 3.98. The van der Waals surface area contributed by atoms with Crippen LogP contribution in [0.25, 0.3) is 0 Å². The molecule has 0 aromatic carbocycles. The predicted molar refractivity (Wildman–Crippen MR) is 119 cm³/mol. The summed E-state index contributed by atoms with van der Waals surface area (Å²) in [5, 5.41) is 14.1. The summed E-state index contributed by atoms with van der Waals surface area (Å²) in [6, 6.07) is 4.35. The van der Waals surface area contributed by atoms with E-state index in [-0.39, 0.29) is 0 Å². The van der Waals surface area contributed by atoms with E-state index >= 15 is 0 Å². The van der Waals surface area contributed by atoms with E-state index in [0.717, 1.165) is 69.1 Å². The van der Waals surface area contributed by atoms with Gasteiger partial charge in [-0.05, 0) is 36.8 Å². The number of hydrogen-bond acceptors (Lipinski definition) is 6. The van der Waals surface area contributed by atoms with Gasteiger partial charge in [0.1, 0.15) is 12.4 Å². The van der Waals surface area contributed by atoms with Gasteiger partial charge in [-0.25, -0.2) is 4.99 Å². The fourth-order valence-corrected chi connectivity index (χ4v) is 4.34. The maximum absolute atomic E-state index is 4.88. The lowest BCUT2D eigenvalue weighted by molar-refractivity contribution is 0.173. The lowest BCUT2D eigenvalue weighted by Gasteiger charge is -2.36. The third-order valence-corrected chi connectivity index (χ3v) is 6.55. The van der Waals surface area contributed by atoms with Gasteiger partial charge >= 0.3 is 0 Å². The molecular formula is C19H31N7S2. The van der Waals surface area contributed by atoms with Crippen LogP contribution in [0.1, 0.15) is 22.9 Å². The van der Waals surface area contributed by atoms with Crippen LogP contribution in [-0.2, 0) is 20.1 Å². The molecule has 0 radical (unpaired) electrons. The van der Waals surface area contributed by atoms with Crippen LogP contribution in [0.4, 0.5) is 0 Å². The van der Waals surface area contributed by atoms with Crippen LogP contribution in [-0.4, -0.2) is 75.3 Å². The van der Waals surface area contributed by atoms with E-state index < -0.39 is 0 Å². The van der Waals surface area contributed by atoms with Crippen LogP contribution in [0, 0.1) is 6.92 Å². The highest BCUT2D eigenvalue weighted by Crippen LogP contribution is 2.14. The first-order valence-electron chi connectivity index (χ1n) is 9.79. The summed E-state index contributed by atoms with van der Waals surface area (Å²) in [6.45, 7) is 8.64. The molecule has 0 saturated carbocycles. The molecule has 154 valence electrons. The van der Waals surface area contributed by atoms with Crippen LogP contribution in [0.3, 0.4) is 0 Å². The number of piperazine rings is 1. The van der Waals surface area contributed by atoms with Crippen LogP contribution in [0.15, 0.2) is 22.5 Å². The minimum atomic E-state index is 0.553. The molecule has 0 atom stereocenters. The fourth-order valence-electron chi connectivity index (χ4n) is 3.16. The first-order valence-corrected chi connectivity index (χ1v) is 12.1. The van der Waals surface area contributed by atoms with Gasteiger partial charge in [0, 0.05) is 51.2 Å². The normalized spacial score (nSPS) is 16.0. The first kappa shape index (κ1) is 21.1. The smallest absolute Gasteiger partial charge is 0.194 e. The number of nitrogens with zero attached hydrogens (tertiary/aromatic N) is 6. The zero-order chi connectivity index (χ0) is 19.8. The zero-order valence-electron chi connectivity index (χ0n) is 17.1. The summed E-state index contributed by atoms with van der Waals surface area (Å²) in [5.41, 5.74) is 0. The molecule has 1 saturated heterocycles. The van der Waals surface area contributed by atoms with Crippen LogP contribution in [0.2, 0.25) is 0 Å². The molecule has 28 heavy (non-hydrogen) atoms. The van der Waals surface area contributed by atoms with Crippen molar-refractivity contribution in [1.29, 1.82) is 0 Å². The van der Waals surface area contributed by atoms with Gasteiger partial charge in [0.2, 0.25) is 0 Å². The predicted octanol–water partition coefficient (Wildman–Crippen LogP) is 2.20. The molecule has 2 aromatic heterocycles. The number of thioether (sulfide) groups is 1. The van der Waals surface area contributed by atoms with Crippen molar-refractivity contribution < 1.29 is 0 Å². The quantitative estimate of drug-likeness (QED) is 0.401. The van der Waals surface area contributed by atoms with E-state index in [1.54, 1.807) is 0 Å². The average Bonchev–Trinajstić information content (AvgIpc) is 3.33. The summed E-state index contributed by atoms with van der Waals surface area (Å²) < 4.78 is 2.01. The standard InChI is InChI=1S/C19H31N7S2/c1-16-22-23-18(24(16)2)14-21-19(20-7-5-12-27-3)26-10-8-25(9-11-26)15-17-6-4-13-28-17/h4,6,13H,5,7-12,14-15H2,1-3H3,(H,20,21). The van der Waals surface area contributed by atoms with Crippen molar-refractivity contribution in [3.63, 3.8) is 0 Å². The number of aryl methyl sites for hydroxylation is 1. The molecule has 0 aliphatic carbocycles. The van der Waals surface area contributed by atoms with E-state index in [4.69, 9.17) is 4.99 Å². The summed E-state index contributed by atoms with van der Waals surface area (Å²) >= 11 is 3.72. The Morgan fingerprint density at radius 2 is 2.11 bits per heavy atom. The van der Waals surface area contributed by atoms with Gasteiger partial charge in [-0.15, -0.1) is 21.5 Å². The third kappa shape index (κ3) is 5.96. The highest BCUT2D eigenvalue weighted by Gasteiger charge is 2.20. The minimum absolute atomic E-state index is 0.553. The summed E-state index contributed by atoms with van der Waals surface area (Å²) in [7, 11) is 2.00. The summed E-state index contributed by atoms with van der Waals surface area (Å²) in [4.78, 5) is 11.2. The number of hydrogen-bond donors (Lipinski definition) is 1. The van der Waals surface area contributed by atoms with Gasteiger partial charge in [-0.3, -0.25) is 4.90 Å². The molecule has 3 heterocycles. The zero-order valence-corrected chi connectivity index (χ0v) is 18.7. The van der Waals surface area contributed by atoms with Crippen molar-refractivity contribution in [3.05, 3.63) is 34.0 Å². The monoisotopic (exact) mass is 421 g/mol. The fraction of sp³-hybridized carbons (Fsp3) is 0.632. The Balaban J connectivity index is 1.58. The molecule has 1 aliphatic rings. The second kappa shape index (κ2) is 10.8. The molecule has 3 rings (SSSR count). The van der Waals surface area contributed by atoms with Crippen LogP contribution >= 0.6 is 23.1 Å². The molecule has 0 amide bonds. The molecule has 1 fully saturated rings. The largest absolute Gasteiger partial charge is 0.356 e. The van der Waals surface area contributed by atoms with E-state index in [1.807, 2.05) is 41.6 Å². The Hall–Kier alpha value is -1.58. The van der Waals surface area contributed by atoms with E-state index in [2.05, 4.69) is 49.1 Å². The Morgan fingerprint density at radius 3 is 2.75 bits per heavy atom. The lowest BCUT2D eigenvalue weighted by Crippen LogP contribution is -2.52. The van der Waals surface area contributed by atoms with Crippen molar-refractivity contribution in [2.45, 2.75) is 26.4 Å². The van der Waals surface area contributed by atoms with Crippen molar-refractivity contribution in [1.82, 2.24) is 29.9 Å². The average molecular weight is 422 g/mol. The van der Waals surface area contributed by atoms with Crippen molar-refractivity contribution in [2.24, 2.45) is 12.0 Å². The number of guanidine groups is 1. The molecule has 2 aromatic rings. The molecule has 0 bridgehead atoms. The minimum Gasteiger partial charge on any atom is -0.356 e. The third-order valence-electron chi connectivity index (χ3n) is 4.99. The molecule has 9 heteroatoms. The number of aliphatic imine (C=N–C) groups is 1. The molecule has 0 spiro atoms. The second-order valence-electron chi connectivity index (χ2n) is 6.98. The molecule has 1 aliphatic heterocycles. The van der Waals surface area contributed by atoms with Crippen molar-refractivity contribution in [3.8, 4) is 0 Å². The van der Waals surface area contributed by atoms with E-state index in [9.17, 15) is 0 Å². The van der Waals surface area contributed by atoms with Gasteiger partial charge in [0.15, 0.2) is 11.8 Å². The number of rotatable bonds is 8. The molecule has 0 unspecified atom stereocenters. The number of thiophene rings is 1. The second-order valence-corrected chi connectivity index (χ2v) is 9.00. The number of aromatic nitrogens is 3. The highest BCUT2D eigenvalue weighted by molar-refractivity contribution is 7.98. The first-order chi connectivity index (χ1) is 13.7. The summed E-state index contributed by atoms with van der Waals surface area (Å²) in [6.07, 6.45) is 3.29. The van der Waals surface area contributed by atoms with E-state index in [0.29, 0.717) is 6.54 Å². The Labute approximate surface area is 176 Å². The van der Waals surface area contributed by atoms with Crippen molar-refractivity contribution in [2.75, 3.05) is 44.7 Å². The maximum Gasteiger partial charge on any atom is 0.194 e. The Kier molecular flexibility index (Phi) is 8.17. The Morgan fingerprint density at radius 1 is 1.29 bits per heavy atom. The molecule has 7 nitrogen and oxygen atoms in total. The van der Waals surface area contributed by atoms with Gasteiger partial charge in [0.05, 0.1) is 0 Å². The maximum atomic E-state index is 4.88. The number of nitrogens with one attached hydrogen (secondary N) is 1. The highest BCUT2D eigenvalue weighted by atomic mass is 32.2. The molecular weight excluding hydrogens is 390 g/mol.